The van der Waals surface area contributed by atoms with E-state index >= 15 is 0 Å². The molecule has 1 unspecified atom stereocenters. The molecular formula is C12H26IN. The molecule has 1 saturated heterocycles. The van der Waals surface area contributed by atoms with E-state index in [0.717, 1.165) is 3.92 Å². The van der Waals surface area contributed by atoms with Crippen LogP contribution in [0.1, 0.15) is 47.5 Å². The van der Waals surface area contributed by atoms with Crippen LogP contribution in [-0.2, 0) is 0 Å². The van der Waals surface area contributed by atoms with Crippen molar-refractivity contribution in [2.24, 2.45) is 5.41 Å². The Hall–Kier alpha value is 0.690. The van der Waals surface area contributed by atoms with Gasteiger partial charge in [0.15, 0.2) is 0 Å². The Morgan fingerprint density at radius 2 is 1.71 bits per heavy atom. The van der Waals surface area contributed by atoms with Gasteiger partial charge in [-0.1, -0.05) is 0 Å². The van der Waals surface area contributed by atoms with Gasteiger partial charge in [-0.05, 0) is 0 Å². The molecule has 86 valence electrons. The third kappa shape index (κ3) is 4.05. The van der Waals surface area contributed by atoms with E-state index in [9.17, 15) is 0 Å². The van der Waals surface area contributed by atoms with E-state index in [1.165, 1.54) is 25.9 Å². The first-order valence-electron chi connectivity index (χ1n) is 5.79. The summed E-state index contributed by atoms with van der Waals surface area (Å²) in [7, 11) is 0. The van der Waals surface area contributed by atoms with Gasteiger partial charge in [0.1, 0.15) is 0 Å². The Labute approximate surface area is 99.7 Å². The molecule has 0 aromatic rings. The molecule has 1 fully saturated rings. The van der Waals surface area contributed by atoms with Gasteiger partial charge in [0, 0.05) is 0 Å². The number of alkyl halides is 2. The van der Waals surface area contributed by atoms with Crippen LogP contribution in [0.25, 0.3) is 0 Å². The zero-order valence-corrected chi connectivity index (χ0v) is 12.5. The quantitative estimate of drug-likeness (QED) is 0.479. The average molecular weight is 311 g/mol. The van der Waals surface area contributed by atoms with Crippen LogP contribution in [0.4, 0.5) is 0 Å². The van der Waals surface area contributed by atoms with E-state index in [1.807, 2.05) is 0 Å². The molecule has 1 aliphatic rings. The van der Waals surface area contributed by atoms with Crippen molar-refractivity contribution in [1.82, 2.24) is 0 Å². The first-order valence-corrected chi connectivity index (χ1v) is 8.12. The molecule has 1 rings (SSSR count). The van der Waals surface area contributed by atoms with Crippen molar-refractivity contribution in [3.63, 3.8) is 0 Å². The van der Waals surface area contributed by atoms with E-state index in [1.54, 1.807) is 0 Å². The van der Waals surface area contributed by atoms with Gasteiger partial charge in [0.25, 0.3) is 0 Å². The molecule has 0 spiro atoms. The zero-order valence-electron chi connectivity index (χ0n) is 10.4. The Kier molecular flexibility index (Phi) is 4.27. The van der Waals surface area contributed by atoms with Crippen molar-refractivity contribution in [2.45, 2.75) is 54.8 Å². The van der Waals surface area contributed by atoms with Crippen molar-refractivity contribution in [1.29, 1.82) is 0 Å². The van der Waals surface area contributed by atoms with E-state index in [4.69, 9.17) is 0 Å². The van der Waals surface area contributed by atoms with Crippen LogP contribution in [0.15, 0.2) is 0 Å². The molecule has 1 atom stereocenters. The number of quaternary nitrogens is 1. The predicted molar refractivity (Wildman–Crippen MR) is 58.2 cm³/mol. The van der Waals surface area contributed by atoms with Crippen molar-refractivity contribution in [3.8, 4) is 0 Å². The van der Waals surface area contributed by atoms with Gasteiger partial charge in [0.05, 0.1) is 0 Å². The normalized spacial score (nSPS) is 33.3. The second kappa shape index (κ2) is 4.69. The van der Waals surface area contributed by atoms with Gasteiger partial charge >= 0.3 is 99.8 Å². The third-order valence-corrected chi connectivity index (χ3v) is 6.80. The van der Waals surface area contributed by atoms with Crippen molar-refractivity contribution in [3.05, 3.63) is 0 Å². The summed E-state index contributed by atoms with van der Waals surface area (Å²) in [6, 6.07) is 0. The molecule has 2 N–H and O–H groups in total. The number of rotatable bonds is 2. The minimum absolute atomic E-state index is 0.369. The van der Waals surface area contributed by atoms with Gasteiger partial charge in [-0.25, -0.2) is 0 Å². The van der Waals surface area contributed by atoms with Crippen molar-refractivity contribution >= 4 is 0 Å². The molecule has 0 aliphatic carbocycles. The molecule has 14 heavy (non-hydrogen) atoms. The molecule has 0 aromatic heterocycles. The maximum absolute atomic E-state index is 2.56. The summed E-state index contributed by atoms with van der Waals surface area (Å²) in [5, 5.41) is 2.56. The average Bonchev–Trinajstić information content (AvgIpc) is 2.10. The molecule has 0 saturated carbocycles. The number of nitrogens with two attached hydrogens (primary N) is 1. The fourth-order valence-electron chi connectivity index (χ4n) is 2.19. The number of hydrogen-bond donors (Lipinski definition) is 1. The SMILES string of the molecule is CC(C)[I-]C1(C)CCC(C)(C)C[NH2+]C1. The van der Waals surface area contributed by atoms with Gasteiger partial charge in [-0.3, -0.25) is 0 Å². The summed E-state index contributed by atoms with van der Waals surface area (Å²) < 4.78 is 1.65. The summed E-state index contributed by atoms with van der Waals surface area (Å²) in [6.45, 7) is 14.9. The minimum atomic E-state index is 0.369. The molecule has 1 heterocycles. The van der Waals surface area contributed by atoms with E-state index in [2.05, 4.69) is 39.9 Å². The Morgan fingerprint density at radius 1 is 1.07 bits per heavy atom. The van der Waals surface area contributed by atoms with Gasteiger partial charge in [0.2, 0.25) is 0 Å². The summed E-state index contributed by atoms with van der Waals surface area (Å²) in [5.41, 5.74) is 0.568. The molecule has 2 heteroatoms. The summed E-state index contributed by atoms with van der Waals surface area (Å²) in [5.74, 6) is 0. The Morgan fingerprint density at radius 3 is 2.29 bits per heavy atom. The number of hydrogen-bond acceptors (Lipinski definition) is 0. The molecule has 0 amide bonds. The van der Waals surface area contributed by atoms with E-state index in [0.29, 0.717) is 30.0 Å². The Bertz CT molecular complexity index is 189. The van der Waals surface area contributed by atoms with Gasteiger partial charge in [-0.2, -0.15) is 0 Å². The molecule has 0 aromatic carbocycles. The second-order valence-corrected chi connectivity index (χ2v) is 11.6. The first-order chi connectivity index (χ1) is 6.33. The monoisotopic (exact) mass is 311 g/mol. The van der Waals surface area contributed by atoms with Crippen molar-refractivity contribution < 1.29 is 26.5 Å². The van der Waals surface area contributed by atoms with Crippen molar-refractivity contribution in [2.75, 3.05) is 13.1 Å². The molecule has 0 bridgehead atoms. The van der Waals surface area contributed by atoms with Crippen LogP contribution in [0.2, 0.25) is 0 Å². The van der Waals surface area contributed by atoms with Crippen LogP contribution in [-0.4, -0.2) is 20.4 Å². The second-order valence-electron chi connectivity index (χ2n) is 5.90. The van der Waals surface area contributed by atoms with Crippen LogP contribution < -0.4 is 26.5 Å². The van der Waals surface area contributed by atoms with Crippen LogP contribution >= 0.6 is 0 Å². The van der Waals surface area contributed by atoms with Gasteiger partial charge < -0.3 is 0 Å². The summed E-state index contributed by atoms with van der Waals surface area (Å²) >= 11 is 0.369. The van der Waals surface area contributed by atoms with Gasteiger partial charge in [-0.15, -0.1) is 0 Å². The summed E-state index contributed by atoms with van der Waals surface area (Å²) in [6.07, 6.45) is 2.88. The first kappa shape index (κ1) is 12.8. The third-order valence-electron chi connectivity index (χ3n) is 3.07. The van der Waals surface area contributed by atoms with E-state index < -0.39 is 0 Å². The summed E-state index contributed by atoms with van der Waals surface area (Å²) in [4.78, 5) is 0. The maximum atomic E-state index is 2.56. The van der Waals surface area contributed by atoms with Crippen LogP contribution in [0.3, 0.4) is 0 Å². The molecular weight excluding hydrogens is 285 g/mol. The zero-order chi connectivity index (χ0) is 10.8. The Balaban J connectivity index is 2.55. The number of halogens is 1. The standard InChI is InChI=1S/C12H25IN/c1-10(2)13-12(5)7-6-11(3,4)8-14-9-12/h10,14H,6-9H2,1-5H3/q-1/p+1. The molecule has 0 radical (unpaired) electrons. The van der Waals surface area contributed by atoms with Crippen LogP contribution in [0, 0.1) is 5.41 Å². The van der Waals surface area contributed by atoms with E-state index in [-0.39, 0.29) is 0 Å². The fourth-order valence-corrected chi connectivity index (χ4v) is 6.35. The fraction of sp³-hybridized carbons (Fsp3) is 1.00. The predicted octanol–water partition coefficient (Wildman–Crippen LogP) is -1.37. The molecule has 1 nitrogen and oxygen atoms in total. The van der Waals surface area contributed by atoms with Crippen LogP contribution in [0.5, 0.6) is 0 Å². The molecule has 1 aliphatic heterocycles. The topological polar surface area (TPSA) is 16.6 Å².